The molecule has 1 aliphatic rings. The van der Waals surface area contributed by atoms with Crippen LogP contribution in [0.2, 0.25) is 0 Å². The molecule has 2 amide bonds. The molecule has 0 saturated heterocycles. The summed E-state index contributed by atoms with van der Waals surface area (Å²) in [7, 11) is 1.70. The highest BCUT2D eigenvalue weighted by Crippen LogP contribution is 2.40. The van der Waals surface area contributed by atoms with Crippen molar-refractivity contribution in [3.63, 3.8) is 0 Å². The smallest absolute Gasteiger partial charge is 0.261 e. The highest BCUT2D eigenvalue weighted by molar-refractivity contribution is 9.10. The average molecular weight is 723 g/mol. The number of pyridine rings is 2. The van der Waals surface area contributed by atoms with Gasteiger partial charge in [-0.2, -0.15) is 0 Å². The van der Waals surface area contributed by atoms with E-state index in [2.05, 4.69) is 25.8 Å². The Balaban J connectivity index is 0.00000276. The van der Waals surface area contributed by atoms with Gasteiger partial charge in [0.05, 0.1) is 23.4 Å². The van der Waals surface area contributed by atoms with E-state index < -0.39 is 5.41 Å². The first-order chi connectivity index (χ1) is 20.6. The summed E-state index contributed by atoms with van der Waals surface area (Å²) >= 11 is 3.30. The van der Waals surface area contributed by atoms with E-state index in [1.807, 2.05) is 43.3 Å². The summed E-state index contributed by atoms with van der Waals surface area (Å²) in [6.45, 7) is 8.80. The molecule has 0 radical (unpaired) electrons. The maximum Gasteiger partial charge on any atom is 0.261 e. The largest absolute Gasteiger partial charge is 0.493 e. The second kappa shape index (κ2) is 15.3. The lowest BCUT2D eigenvalue weighted by Gasteiger charge is -2.27. The van der Waals surface area contributed by atoms with Crippen LogP contribution in [0.4, 0.5) is 11.4 Å². The molecule has 0 saturated carbocycles. The Hall–Kier alpha value is -3.38. The normalized spacial score (nSPS) is 14.2. The third kappa shape index (κ3) is 7.71. The van der Waals surface area contributed by atoms with Gasteiger partial charge in [0.15, 0.2) is 4.67 Å². The van der Waals surface area contributed by atoms with E-state index >= 15 is 0 Å². The molecule has 0 aliphatic carbocycles. The third-order valence-corrected chi connectivity index (χ3v) is 8.25. The van der Waals surface area contributed by atoms with E-state index in [1.54, 1.807) is 59.9 Å². The molecule has 0 N–H and O–H groups in total. The van der Waals surface area contributed by atoms with Gasteiger partial charge in [0.25, 0.3) is 5.56 Å². The van der Waals surface area contributed by atoms with Crippen molar-refractivity contribution >= 4 is 74.9 Å². The molecule has 4 aromatic rings. The van der Waals surface area contributed by atoms with Gasteiger partial charge in [-0.05, 0) is 79.0 Å². The van der Waals surface area contributed by atoms with Crippen molar-refractivity contribution in [3.8, 4) is 5.75 Å². The fourth-order valence-electron chi connectivity index (χ4n) is 5.44. The molecule has 0 unspecified atom stereocenters. The fourth-order valence-corrected chi connectivity index (χ4v) is 5.84. The molecule has 0 bridgehead atoms. The Morgan fingerprint density at radius 1 is 0.978 bits per heavy atom. The van der Waals surface area contributed by atoms with Crippen LogP contribution in [-0.4, -0.2) is 59.6 Å². The molecule has 0 spiro atoms. The van der Waals surface area contributed by atoms with Gasteiger partial charge in [-0.3, -0.25) is 24.3 Å². The first kappa shape index (κ1) is 36.1. The Kier molecular flexibility index (Phi) is 12.2. The predicted molar refractivity (Wildman–Crippen MR) is 184 cm³/mol. The lowest BCUT2D eigenvalue weighted by atomic mass is 9.90. The van der Waals surface area contributed by atoms with E-state index in [9.17, 15) is 14.4 Å². The van der Waals surface area contributed by atoms with Crippen LogP contribution >= 0.6 is 40.7 Å². The fraction of sp³-hybridized carbons (Fsp3) is 0.375. The molecule has 3 aromatic heterocycles. The van der Waals surface area contributed by atoms with Crippen LogP contribution in [0.1, 0.15) is 32.8 Å². The van der Waals surface area contributed by atoms with E-state index in [0.29, 0.717) is 65.5 Å². The number of hydrogen-bond acceptors (Lipinski definition) is 7. The van der Waals surface area contributed by atoms with Crippen LogP contribution in [0.15, 0.2) is 74.9 Å². The Morgan fingerprint density at radius 3 is 2.42 bits per heavy atom. The minimum absolute atomic E-state index is 0. The first-order valence-corrected chi connectivity index (χ1v) is 15.2. The number of anilines is 2. The van der Waals surface area contributed by atoms with Crippen molar-refractivity contribution in [3.05, 3.63) is 81.6 Å². The minimum atomic E-state index is -1.16. The van der Waals surface area contributed by atoms with Crippen molar-refractivity contribution in [2.75, 3.05) is 43.1 Å². The lowest BCUT2D eigenvalue weighted by molar-refractivity contribution is -0.137. The lowest BCUT2D eigenvalue weighted by Crippen LogP contribution is -2.47. The third-order valence-electron chi connectivity index (χ3n) is 7.86. The molecule has 5 rings (SSSR count). The number of furan rings is 1. The SMILES string of the molecule is CCN1C(=O)C(C)(C)C(=O)N(C)c2cc(OCCCN(CCn3ccc4oc(Br)cc4c3=O)Cc3ccncc3)ccc21.Cl.Cl. The highest BCUT2D eigenvalue weighted by Gasteiger charge is 2.45. The van der Waals surface area contributed by atoms with Crippen molar-refractivity contribution in [2.45, 2.75) is 40.3 Å². The monoisotopic (exact) mass is 721 g/mol. The topological polar surface area (TPSA) is 101 Å². The number of nitrogens with zero attached hydrogens (tertiary/aromatic N) is 5. The summed E-state index contributed by atoms with van der Waals surface area (Å²) in [5, 5.41) is 0.548. The van der Waals surface area contributed by atoms with E-state index in [4.69, 9.17) is 9.15 Å². The van der Waals surface area contributed by atoms with Crippen molar-refractivity contribution in [1.82, 2.24) is 14.5 Å². The zero-order valence-electron chi connectivity index (χ0n) is 25.7. The molecule has 4 heterocycles. The number of fused-ring (bicyclic) bond motifs is 2. The van der Waals surface area contributed by atoms with Crippen LogP contribution < -0.4 is 20.1 Å². The summed E-state index contributed by atoms with van der Waals surface area (Å²) in [6.07, 6.45) is 6.06. The standard InChI is InChI=1S/C32H36BrN5O5.2ClH/c1-5-38-25-8-7-23(19-26(25)35(4)30(40)32(2,3)31(38)41)42-18-6-14-36(21-22-9-12-34-13-10-22)16-17-37-15-11-27-24(29(37)39)20-28(33)43-27;;/h7-13,15,19-20H,5-6,14,16-18,21H2,1-4H3;2*1H. The molecule has 0 atom stereocenters. The van der Waals surface area contributed by atoms with Crippen molar-refractivity contribution in [1.29, 1.82) is 0 Å². The highest BCUT2D eigenvalue weighted by atomic mass is 79.9. The van der Waals surface area contributed by atoms with Gasteiger partial charge in [0, 0.05) is 70.5 Å². The molecule has 13 heteroatoms. The van der Waals surface area contributed by atoms with Gasteiger partial charge < -0.3 is 23.5 Å². The summed E-state index contributed by atoms with van der Waals surface area (Å²) in [4.78, 5) is 48.9. The number of benzene rings is 1. The minimum Gasteiger partial charge on any atom is -0.493 e. The molecular weight excluding hydrogens is 685 g/mol. The number of carbonyl (C=O) groups is 2. The molecule has 45 heavy (non-hydrogen) atoms. The van der Waals surface area contributed by atoms with Gasteiger partial charge in [-0.1, -0.05) is 0 Å². The summed E-state index contributed by atoms with van der Waals surface area (Å²) in [5.41, 5.74) is 1.79. The van der Waals surface area contributed by atoms with E-state index in [1.165, 1.54) is 0 Å². The molecule has 1 aliphatic heterocycles. The number of hydrogen-bond donors (Lipinski definition) is 0. The second-order valence-electron chi connectivity index (χ2n) is 11.2. The Bertz CT molecular complexity index is 1690. The van der Waals surface area contributed by atoms with Crippen LogP contribution in [0.3, 0.4) is 0 Å². The van der Waals surface area contributed by atoms with Gasteiger partial charge >= 0.3 is 0 Å². The van der Waals surface area contributed by atoms with Gasteiger partial charge in [0.1, 0.15) is 16.7 Å². The van der Waals surface area contributed by atoms with Gasteiger partial charge in [-0.15, -0.1) is 24.8 Å². The van der Waals surface area contributed by atoms with Gasteiger partial charge in [0.2, 0.25) is 11.8 Å². The molecular formula is C32H38BrCl2N5O5. The van der Waals surface area contributed by atoms with Crippen LogP contribution in [0.25, 0.3) is 11.0 Å². The average Bonchev–Trinajstić information content (AvgIpc) is 3.38. The number of rotatable bonds is 11. The van der Waals surface area contributed by atoms with E-state index in [-0.39, 0.29) is 42.2 Å². The zero-order chi connectivity index (χ0) is 30.7. The number of halogens is 3. The summed E-state index contributed by atoms with van der Waals surface area (Å²) in [5.74, 6) is 0.166. The molecule has 0 fully saturated rings. The quantitative estimate of drug-likeness (QED) is 0.140. The predicted octanol–water partition coefficient (Wildman–Crippen LogP) is 5.92. The molecule has 10 nitrogen and oxygen atoms in total. The number of ether oxygens (including phenoxy) is 1. The van der Waals surface area contributed by atoms with Gasteiger partial charge in [-0.25, -0.2) is 0 Å². The molecule has 1 aromatic carbocycles. The Morgan fingerprint density at radius 2 is 1.71 bits per heavy atom. The maximum absolute atomic E-state index is 13.1. The van der Waals surface area contributed by atoms with Crippen molar-refractivity contribution < 1.29 is 18.7 Å². The number of carbonyl (C=O) groups excluding carboxylic acids is 2. The first-order valence-electron chi connectivity index (χ1n) is 14.4. The zero-order valence-corrected chi connectivity index (χ0v) is 28.9. The number of aromatic nitrogens is 2. The maximum atomic E-state index is 13.1. The van der Waals surface area contributed by atoms with Crippen LogP contribution in [0.5, 0.6) is 5.75 Å². The van der Waals surface area contributed by atoms with E-state index in [0.717, 1.165) is 18.5 Å². The summed E-state index contributed by atoms with van der Waals surface area (Å²) < 4.78 is 13.9. The van der Waals surface area contributed by atoms with Crippen molar-refractivity contribution in [2.24, 2.45) is 5.41 Å². The van der Waals surface area contributed by atoms with Crippen LogP contribution in [0, 0.1) is 5.41 Å². The van der Waals surface area contributed by atoms with Crippen LogP contribution in [-0.2, 0) is 22.7 Å². The summed E-state index contributed by atoms with van der Waals surface area (Å²) in [6, 6.07) is 13.0. The molecule has 242 valence electrons. The second-order valence-corrected chi connectivity index (χ2v) is 11.9. The number of amides is 2. The Labute approximate surface area is 283 Å².